The number of pyridine rings is 1. The predicted octanol–water partition coefficient (Wildman–Crippen LogP) is 1.19. The van der Waals surface area contributed by atoms with Gasteiger partial charge in [0.2, 0.25) is 0 Å². The van der Waals surface area contributed by atoms with Gasteiger partial charge >= 0.3 is 6.03 Å². The fourth-order valence-corrected chi connectivity index (χ4v) is 1.49. The highest BCUT2D eigenvalue weighted by molar-refractivity contribution is 5.88. The van der Waals surface area contributed by atoms with Gasteiger partial charge in [-0.3, -0.25) is 5.10 Å². The smallest absolute Gasteiger partial charge is 0.319 e. The Bertz CT molecular complexity index is 537. The first-order valence-corrected chi connectivity index (χ1v) is 5.81. The van der Waals surface area contributed by atoms with E-state index in [2.05, 4.69) is 25.8 Å². The van der Waals surface area contributed by atoms with E-state index in [0.29, 0.717) is 12.2 Å². The zero-order valence-electron chi connectivity index (χ0n) is 10.8. The molecule has 0 saturated heterocycles. The Morgan fingerprint density at radius 3 is 3.00 bits per heavy atom. The molecule has 0 saturated carbocycles. The van der Waals surface area contributed by atoms with Gasteiger partial charge in [0.05, 0.1) is 11.9 Å². The second kappa shape index (κ2) is 5.85. The number of rotatable bonds is 4. The minimum absolute atomic E-state index is 0.274. The largest absolute Gasteiger partial charge is 0.363 e. The molecule has 2 rings (SSSR count). The maximum absolute atomic E-state index is 11.6. The molecule has 0 aliphatic heterocycles. The zero-order valence-corrected chi connectivity index (χ0v) is 10.8. The molecule has 3 N–H and O–H groups in total. The molecule has 0 bridgehead atoms. The molecule has 2 aromatic rings. The first-order valence-electron chi connectivity index (χ1n) is 5.81. The second-order valence-electron chi connectivity index (χ2n) is 4.21. The van der Waals surface area contributed by atoms with Gasteiger partial charge in [0.25, 0.3) is 0 Å². The van der Waals surface area contributed by atoms with Gasteiger partial charge in [0.1, 0.15) is 5.82 Å². The van der Waals surface area contributed by atoms with Gasteiger partial charge in [-0.25, -0.2) is 9.78 Å². The lowest BCUT2D eigenvalue weighted by atomic mass is 10.2. The molecule has 7 nitrogen and oxygen atoms in total. The van der Waals surface area contributed by atoms with E-state index < -0.39 is 0 Å². The molecule has 2 heterocycles. The lowest BCUT2D eigenvalue weighted by Crippen LogP contribution is -2.28. The third-order valence-corrected chi connectivity index (χ3v) is 2.48. The molecule has 19 heavy (non-hydrogen) atoms. The van der Waals surface area contributed by atoms with E-state index in [1.54, 1.807) is 12.4 Å². The van der Waals surface area contributed by atoms with E-state index in [9.17, 15) is 4.79 Å². The average molecular weight is 260 g/mol. The van der Waals surface area contributed by atoms with Crippen LogP contribution in [0.2, 0.25) is 0 Å². The summed E-state index contributed by atoms with van der Waals surface area (Å²) in [6.45, 7) is 0.438. The summed E-state index contributed by atoms with van der Waals surface area (Å²) in [6, 6.07) is 3.52. The topological polar surface area (TPSA) is 85.9 Å². The quantitative estimate of drug-likeness (QED) is 0.770. The number of hydrogen-bond acceptors (Lipinski definition) is 4. The number of H-pyrrole nitrogens is 1. The standard InChI is InChI=1S/C12H16N6O/c1-18(2)11-5-9(3-4-13-11)6-14-12(19)17-10-7-15-16-8-10/h3-5,7-8H,6H2,1-2H3,(H,15,16)(H2,14,17,19). The van der Waals surface area contributed by atoms with Gasteiger partial charge in [-0.2, -0.15) is 5.10 Å². The van der Waals surface area contributed by atoms with E-state index >= 15 is 0 Å². The van der Waals surface area contributed by atoms with Crippen LogP contribution >= 0.6 is 0 Å². The van der Waals surface area contributed by atoms with Gasteiger partial charge in [-0.05, 0) is 17.7 Å². The number of amides is 2. The minimum Gasteiger partial charge on any atom is -0.363 e. The number of aromatic nitrogens is 3. The van der Waals surface area contributed by atoms with Crippen molar-refractivity contribution in [2.24, 2.45) is 0 Å². The predicted molar refractivity (Wildman–Crippen MR) is 73.0 cm³/mol. The van der Waals surface area contributed by atoms with Gasteiger partial charge in [-0.1, -0.05) is 0 Å². The van der Waals surface area contributed by atoms with Crippen LogP contribution in [0.3, 0.4) is 0 Å². The Morgan fingerprint density at radius 2 is 2.32 bits per heavy atom. The number of nitrogens with one attached hydrogen (secondary N) is 3. The highest BCUT2D eigenvalue weighted by Crippen LogP contribution is 2.09. The molecule has 2 amide bonds. The van der Waals surface area contributed by atoms with E-state index in [1.165, 1.54) is 6.20 Å². The van der Waals surface area contributed by atoms with Crippen molar-refractivity contribution in [2.45, 2.75) is 6.54 Å². The zero-order chi connectivity index (χ0) is 13.7. The van der Waals surface area contributed by atoms with E-state index in [4.69, 9.17) is 0 Å². The van der Waals surface area contributed by atoms with Crippen molar-refractivity contribution in [1.29, 1.82) is 0 Å². The lowest BCUT2D eigenvalue weighted by Gasteiger charge is -2.12. The summed E-state index contributed by atoms with van der Waals surface area (Å²) in [5.41, 5.74) is 1.61. The van der Waals surface area contributed by atoms with Crippen molar-refractivity contribution in [1.82, 2.24) is 20.5 Å². The maximum atomic E-state index is 11.6. The van der Waals surface area contributed by atoms with Crippen LogP contribution in [0.15, 0.2) is 30.7 Å². The van der Waals surface area contributed by atoms with Crippen LogP contribution in [-0.2, 0) is 6.54 Å². The van der Waals surface area contributed by atoms with Crippen molar-refractivity contribution < 1.29 is 4.79 Å². The van der Waals surface area contributed by atoms with Crippen LogP contribution in [0.5, 0.6) is 0 Å². The van der Waals surface area contributed by atoms with Crippen molar-refractivity contribution in [3.8, 4) is 0 Å². The summed E-state index contributed by atoms with van der Waals surface area (Å²) in [6.07, 6.45) is 4.87. The van der Waals surface area contributed by atoms with Crippen LogP contribution in [-0.4, -0.2) is 35.3 Å². The molecule has 0 unspecified atom stereocenters. The molecule has 0 aliphatic carbocycles. The Kier molecular flexibility index (Phi) is 3.97. The molecule has 0 atom stereocenters. The van der Waals surface area contributed by atoms with Gasteiger partial charge < -0.3 is 15.5 Å². The molecule has 0 spiro atoms. The highest BCUT2D eigenvalue weighted by atomic mass is 16.2. The normalized spacial score (nSPS) is 10.0. The second-order valence-corrected chi connectivity index (χ2v) is 4.21. The van der Waals surface area contributed by atoms with Crippen molar-refractivity contribution >= 4 is 17.5 Å². The molecule has 0 radical (unpaired) electrons. The van der Waals surface area contributed by atoms with Gasteiger partial charge in [0, 0.05) is 33.0 Å². The van der Waals surface area contributed by atoms with Crippen LogP contribution in [0.1, 0.15) is 5.56 Å². The molecule has 7 heteroatoms. The van der Waals surface area contributed by atoms with E-state index in [-0.39, 0.29) is 6.03 Å². The summed E-state index contributed by atoms with van der Waals surface area (Å²) in [4.78, 5) is 17.7. The van der Waals surface area contributed by atoms with Gasteiger partial charge in [0.15, 0.2) is 0 Å². The molecule has 2 aromatic heterocycles. The van der Waals surface area contributed by atoms with Crippen LogP contribution in [0.4, 0.5) is 16.3 Å². The highest BCUT2D eigenvalue weighted by Gasteiger charge is 2.03. The summed E-state index contributed by atoms with van der Waals surface area (Å²) in [7, 11) is 3.84. The van der Waals surface area contributed by atoms with Crippen molar-refractivity contribution in [2.75, 3.05) is 24.3 Å². The van der Waals surface area contributed by atoms with E-state index in [1.807, 2.05) is 31.1 Å². The Hall–Kier alpha value is -2.57. The first-order chi connectivity index (χ1) is 9.15. The number of hydrogen-bond donors (Lipinski definition) is 3. The molecular formula is C12H16N6O. The lowest BCUT2D eigenvalue weighted by molar-refractivity contribution is 0.251. The molecule has 0 aliphatic rings. The van der Waals surface area contributed by atoms with Gasteiger partial charge in [-0.15, -0.1) is 0 Å². The average Bonchev–Trinajstić information content (AvgIpc) is 2.89. The number of aromatic amines is 1. The molecule has 100 valence electrons. The van der Waals surface area contributed by atoms with Crippen molar-refractivity contribution in [3.05, 3.63) is 36.3 Å². The Balaban J connectivity index is 1.88. The van der Waals surface area contributed by atoms with Crippen molar-refractivity contribution in [3.63, 3.8) is 0 Å². The van der Waals surface area contributed by atoms with Crippen LogP contribution < -0.4 is 15.5 Å². The Labute approximate surface area is 111 Å². The Morgan fingerprint density at radius 1 is 1.47 bits per heavy atom. The number of carbonyl (C=O) groups is 1. The third kappa shape index (κ3) is 3.70. The summed E-state index contributed by atoms with van der Waals surface area (Å²) in [5.74, 6) is 0.856. The number of anilines is 2. The van der Waals surface area contributed by atoms with Crippen LogP contribution in [0, 0.1) is 0 Å². The summed E-state index contributed by atoms with van der Waals surface area (Å²) < 4.78 is 0. The monoisotopic (exact) mass is 260 g/mol. The third-order valence-electron chi connectivity index (χ3n) is 2.48. The number of nitrogens with zero attached hydrogens (tertiary/aromatic N) is 3. The molecular weight excluding hydrogens is 244 g/mol. The summed E-state index contributed by atoms with van der Waals surface area (Å²) >= 11 is 0. The van der Waals surface area contributed by atoms with E-state index in [0.717, 1.165) is 11.4 Å². The minimum atomic E-state index is -0.274. The molecule has 0 aromatic carbocycles. The van der Waals surface area contributed by atoms with Crippen LogP contribution in [0.25, 0.3) is 0 Å². The number of urea groups is 1. The SMILES string of the molecule is CN(C)c1cc(CNC(=O)Nc2cn[nH]c2)ccn1. The fourth-order valence-electron chi connectivity index (χ4n) is 1.49. The maximum Gasteiger partial charge on any atom is 0.319 e. The summed E-state index contributed by atoms with van der Waals surface area (Å²) in [5, 5.41) is 11.8. The number of carbonyl (C=O) groups excluding carboxylic acids is 1. The fraction of sp³-hybridized carbons (Fsp3) is 0.250. The molecule has 0 fully saturated rings. The first kappa shape index (κ1) is 12.9.